The Morgan fingerprint density at radius 2 is 0.536 bits per heavy atom. The van der Waals surface area contributed by atoms with Crippen molar-refractivity contribution in [1.29, 1.82) is 0 Å². The highest BCUT2D eigenvalue weighted by atomic mass is 15.0. The summed E-state index contributed by atoms with van der Waals surface area (Å²) < 4.78 is 4.82. The minimum absolute atomic E-state index is 1.15. The number of nitrogens with zero attached hydrogens (tertiary/aromatic N) is 2. The molecule has 0 amide bonds. The quantitative estimate of drug-likeness (QED) is 0.162. The first-order chi connectivity index (χ1) is 27.8. The highest BCUT2D eigenvalue weighted by Gasteiger charge is 2.17. The van der Waals surface area contributed by atoms with Crippen LogP contribution in [0.25, 0.3) is 99.5 Å². The van der Waals surface area contributed by atoms with Gasteiger partial charge in [-0.25, -0.2) is 0 Å². The van der Waals surface area contributed by atoms with Gasteiger partial charge in [-0.05, 0) is 111 Å². The molecule has 0 radical (unpaired) electrons. The average Bonchev–Trinajstić information content (AvgIpc) is 3.79. The normalized spacial score (nSPS) is 11.6. The molecule has 0 fully saturated rings. The van der Waals surface area contributed by atoms with E-state index >= 15 is 0 Å². The SMILES string of the molecule is c1ccc(-c2cccc(-c3cccc(-n4c5ccccc5c5cc(-c6ccc7c(c6)c6ccccc6n7-c6cccc(-c7ccccc7)c6)ccc54)c3)c2)cc1. The van der Waals surface area contributed by atoms with Gasteiger partial charge in [0.1, 0.15) is 0 Å². The molecule has 9 aromatic carbocycles. The fraction of sp³-hybridized carbons (Fsp3) is 0. The molecule has 11 aromatic rings. The lowest BCUT2D eigenvalue weighted by Crippen LogP contribution is -1.94. The summed E-state index contributed by atoms with van der Waals surface area (Å²) >= 11 is 0. The second kappa shape index (κ2) is 13.2. The van der Waals surface area contributed by atoms with Crippen LogP contribution in [0.15, 0.2) is 218 Å². The molecule has 0 bridgehead atoms. The minimum Gasteiger partial charge on any atom is -0.309 e. The molecule has 0 aliphatic rings. The second-order valence-electron chi connectivity index (χ2n) is 14.6. The van der Waals surface area contributed by atoms with Gasteiger partial charge in [0.25, 0.3) is 0 Å². The largest absolute Gasteiger partial charge is 0.309 e. The highest BCUT2D eigenvalue weighted by Crippen LogP contribution is 2.39. The fourth-order valence-corrected chi connectivity index (χ4v) is 8.65. The van der Waals surface area contributed by atoms with Crippen LogP contribution < -0.4 is 0 Å². The number of hydrogen-bond acceptors (Lipinski definition) is 0. The summed E-state index contributed by atoms with van der Waals surface area (Å²) in [7, 11) is 0. The lowest BCUT2D eigenvalue weighted by Gasteiger charge is -2.12. The molecule has 0 saturated heterocycles. The molecule has 0 aliphatic carbocycles. The van der Waals surface area contributed by atoms with Crippen molar-refractivity contribution in [2.24, 2.45) is 0 Å². The lowest BCUT2D eigenvalue weighted by atomic mass is 9.99. The van der Waals surface area contributed by atoms with E-state index in [4.69, 9.17) is 0 Å². The van der Waals surface area contributed by atoms with E-state index in [-0.39, 0.29) is 0 Å². The summed E-state index contributed by atoms with van der Waals surface area (Å²) in [4.78, 5) is 0. The molecular weight excluding hydrogens is 677 g/mol. The summed E-state index contributed by atoms with van der Waals surface area (Å²) in [6.45, 7) is 0. The van der Waals surface area contributed by atoms with Crippen molar-refractivity contribution in [3.05, 3.63) is 218 Å². The van der Waals surface area contributed by atoms with Crippen LogP contribution in [-0.4, -0.2) is 9.13 Å². The van der Waals surface area contributed by atoms with Gasteiger partial charge in [0.2, 0.25) is 0 Å². The highest BCUT2D eigenvalue weighted by molar-refractivity contribution is 6.12. The van der Waals surface area contributed by atoms with Crippen molar-refractivity contribution < 1.29 is 0 Å². The number of fused-ring (bicyclic) bond motifs is 6. The van der Waals surface area contributed by atoms with E-state index in [0.717, 1.165) is 11.4 Å². The summed E-state index contributed by atoms with van der Waals surface area (Å²) in [5.74, 6) is 0. The molecule has 2 heterocycles. The van der Waals surface area contributed by atoms with Crippen molar-refractivity contribution in [3.8, 4) is 55.9 Å². The summed E-state index contributed by atoms with van der Waals surface area (Å²) in [5, 5.41) is 4.99. The molecule has 0 atom stereocenters. The molecule has 0 saturated carbocycles. The number of rotatable bonds is 6. The number of hydrogen-bond donors (Lipinski definition) is 0. The van der Waals surface area contributed by atoms with Crippen LogP contribution in [0, 0.1) is 0 Å². The Hall–Kier alpha value is -7.42. The van der Waals surface area contributed by atoms with Crippen LogP contribution in [0.2, 0.25) is 0 Å². The zero-order valence-corrected chi connectivity index (χ0v) is 30.7. The maximum Gasteiger partial charge on any atom is 0.0541 e. The Balaban J connectivity index is 1.02. The van der Waals surface area contributed by atoms with Gasteiger partial charge < -0.3 is 9.13 Å². The standard InChI is InChI=1S/C54H36N2/c1-3-14-37(15-4-1)39-18-11-19-40(32-39)42-21-13-23-46(34-42)56-52-27-10-8-25-48(52)50-36-44(29-31-54(50)56)43-28-30-53-49(35-43)47-24-7-9-26-51(47)55(53)45-22-12-20-41(33-45)38-16-5-2-6-17-38/h1-36H. The molecule has 2 nitrogen and oxygen atoms in total. The van der Waals surface area contributed by atoms with Crippen molar-refractivity contribution >= 4 is 43.6 Å². The Kier molecular flexibility index (Phi) is 7.53. The predicted molar refractivity (Wildman–Crippen MR) is 237 cm³/mol. The van der Waals surface area contributed by atoms with Crippen LogP contribution in [-0.2, 0) is 0 Å². The van der Waals surface area contributed by atoms with E-state index in [1.54, 1.807) is 0 Å². The Bertz CT molecular complexity index is 3240. The third-order valence-corrected chi connectivity index (χ3v) is 11.3. The van der Waals surface area contributed by atoms with Gasteiger partial charge in [-0.15, -0.1) is 0 Å². The predicted octanol–water partition coefficient (Wildman–Crippen LogP) is 14.5. The average molecular weight is 713 g/mol. The van der Waals surface area contributed by atoms with E-state index in [2.05, 4.69) is 228 Å². The summed E-state index contributed by atoms with van der Waals surface area (Å²) in [6.07, 6.45) is 0. The van der Waals surface area contributed by atoms with Crippen LogP contribution in [0.5, 0.6) is 0 Å². The van der Waals surface area contributed by atoms with Crippen LogP contribution >= 0.6 is 0 Å². The van der Waals surface area contributed by atoms with E-state index in [1.807, 2.05) is 0 Å². The smallest absolute Gasteiger partial charge is 0.0541 e. The van der Waals surface area contributed by atoms with Crippen molar-refractivity contribution in [1.82, 2.24) is 9.13 Å². The second-order valence-corrected chi connectivity index (χ2v) is 14.6. The fourth-order valence-electron chi connectivity index (χ4n) is 8.65. The van der Waals surface area contributed by atoms with Crippen molar-refractivity contribution in [3.63, 3.8) is 0 Å². The van der Waals surface area contributed by atoms with Gasteiger partial charge in [0, 0.05) is 32.9 Å². The van der Waals surface area contributed by atoms with Gasteiger partial charge in [-0.2, -0.15) is 0 Å². The third kappa shape index (κ3) is 5.34. The Labute approximate surface area is 325 Å². The first-order valence-electron chi connectivity index (χ1n) is 19.3. The molecule has 11 rings (SSSR count). The minimum atomic E-state index is 1.15. The van der Waals surface area contributed by atoms with Crippen molar-refractivity contribution in [2.75, 3.05) is 0 Å². The maximum atomic E-state index is 2.42. The molecule has 2 aromatic heterocycles. The van der Waals surface area contributed by atoms with Gasteiger partial charge >= 0.3 is 0 Å². The first kappa shape index (κ1) is 32.0. The zero-order chi connectivity index (χ0) is 37.0. The number of aromatic nitrogens is 2. The van der Waals surface area contributed by atoms with Crippen LogP contribution in [0.3, 0.4) is 0 Å². The third-order valence-electron chi connectivity index (χ3n) is 11.3. The molecule has 0 N–H and O–H groups in total. The molecule has 262 valence electrons. The first-order valence-corrected chi connectivity index (χ1v) is 19.3. The van der Waals surface area contributed by atoms with E-state index in [9.17, 15) is 0 Å². The van der Waals surface area contributed by atoms with Crippen LogP contribution in [0.1, 0.15) is 0 Å². The number of para-hydroxylation sites is 2. The van der Waals surface area contributed by atoms with E-state index in [0.29, 0.717) is 0 Å². The molecular formula is C54H36N2. The van der Waals surface area contributed by atoms with Crippen LogP contribution in [0.4, 0.5) is 0 Å². The zero-order valence-electron chi connectivity index (χ0n) is 30.7. The Morgan fingerprint density at radius 3 is 1.04 bits per heavy atom. The molecule has 0 unspecified atom stereocenters. The molecule has 2 heteroatoms. The monoisotopic (exact) mass is 712 g/mol. The van der Waals surface area contributed by atoms with Gasteiger partial charge in [0.05, 0.1) is 22.1 Å². The topological polar surface area (TPSA) is 9.86 Å². The van der Waals surface area contributed by atoms with E-state index < -0.39 is 0 Å². The molecule has 0 aliphatic heterocycles. The summed E-state index contributed by atoms with van der Waals surface area (Å²) in [6, 6.07) is 79.4. The maximum absolute atomic E-state index is 2.42. The van der Waals surface area contributed by atoms with Gasteiger partial charge in [-0.1, -0.05) is 152 Å². The van der Waals surface area contributed by atoms with Crippen molar-refractivity contribution in [2.45, 2.75) is 0 Å². The number of benzene rings is 9. The molecule has 0 spiro atoms. The molecule has 56 heavy (non-hydrogen) atoms. The van der Waals surface area contributed by atoms with Gasteiger partial charge in [0.15, 0.2) is 0 Å². The van der Waals surface area contributed by atoms with E-state index in [1.165, 1.54) is 88.1 Å². The Morgan fingerprint density at radius 1 is 0.196 bits per heavy atom. The lowest BCUT2D eigenvalue weighted by molar-refractivity contribution is 1.18. The van der Waals surface area contributed by atoms with Gasteiger partial charge in [-0.3, -0.25) is 0 Å². The summed E-state index contributed by atoms with van der Waals surface area (Å²) in [5.41, 5.74) is 16.8.